The average molecular weight is 396 g/mol. The molecule has 0 saturated carbocycles. The number of hydrogen-bond acceptors (Lipinski definition) is 5. The van der Waals surface area contributed by atoms with E-state index in [2.05, 4.69) is 76.1 Å². The number of rotatable bonds is 8. The maximum absolute atomic E-state index is 12.3. The molecule has 2 heterocycles. The number of carbonyl (C=O) groups excluding carboxylic acids is 1. The lowest BCUT2D eigenvalue weighted by atomic mass is 10.1. The lowest BCUT2D eigenvalue weighted by Gasteiger charge is -2.38. The van der Waals surface area contributed by atoms with Crippen molar-refractivity contribution in [2.45, 2.75) is 27.3 Å². The van der Waals surface area contributed by atoms with E-state index < -0.39 is 0 Å². The Bertz CT molecular complexity index is 797. The number of anilines is 2. The van der Waals surface area contributed by atoms with E-state index in [0.717, 1.165) is 50.6 Å². The van der Waals surface area contributed by atoms with Crippen molar-refractivity contribution in [3.8, 4) is 0 Å². The number of nitrogens with zero attached hydrogens (tertiary/aromatic N) is 4. The Morgan fingerprint density at radius 1 is 1.03 bits per heavy atom. The Kier molecular flexibility index (Phi) is 7.47. The van der Waals surface area contributed by atoms with Gasteiger partial charge in [0.2, 0.25) is 5.91 Å². The number of piperazine rings is 1. The number of likely N-dealkylation sites (N-methyl/N-ethyl adjacent to an activating group) is 1. The first-order valence-corrected chi connectivity index (χ1v) is 10.6. The number of para-hydroxylation sites is 1. The van der Waals surface area contributed by atoms with E-state index in [1.165, 1.54) is 11.3 Å². The zero-order valence-corrected chi connectivity index (χ0v) is 17.9. The van der Waals surface area contributed by atoms with Crippen LogP contribution in [0.25, 0.3) is 0 Å². The van der Waals surface area contributed by atoms with Gasteiger partial charge in [-0.15, -0.1) is 0 Å². The van der Waals surface area contributed by atoms with Crippen molar-refractivity contribution in [2.24, 2.45) is 0 Å². The molecule has 0 spiro atoms. The summed E-state index contributed by atoms with van der Waals surface area (Å²) >= 11 is 0. The van der Waals surface area contributed by atoms with Crippen LogP contribution in [0.15, 0.2) is 42.6 Å². The van der Waals surface area contributed by atoms with Gasteiger partial charge in [-0.05, 0) is 37.7 Å². The van der Waals surface area contributed by atoms with Gasteiger partial charge in [0, 0.05) is 50.2 Å². The number of hydrogen-bond donors (Lipinski definition) is 1. The molecule has 1 aliphatic rings. The van der Waals surface area contributed by atoms with Gasteiger partial charge in [0.25, 0.3) is 0 Å². The third kappa shape index (κ3) is 5.48. The van der Waals surface area contributed by atoms with E-state index in [0.29, 0.717) is 13.1 Å². The van der Waals surface area contributed by atoms with Crippen molar-refractivity contribution in [1.29, 1.82) is 0 Å². The minimum Gasteiger partial charge on any atom is -0.368 e. The zero-order valence-electron chi connectivity index (χ0n) is 17.9. The molecule has 6 nitrogen and oxygen atoms in total. The van der Waals surface area contributed by atoms with E-state index in [9.17, 15) is 4.79 Å². The molecule has 156 valence electrons. The number of pyridine rings is 1. The Morgan fingerprint density at radius 2 is 1.72 bits per heavy atom. The van der Waals surface area contributed by atoms with Crippen molar-refractivity contribution < 1.29 is 4.79 Å². The van der Waals surface area contributed by atoms with Crippen LogP contribution in [0.3, 0.4) is 0 Å². The van der Waals surface area contributed by atoms with Gasteiger partial charge < -0.3 is 15.1 Å². The molecule has 1 aromatic heterocycles. The van der Waals surface area contributed by atoms with E-state index >= 15 is 0 Å². The highest BCUT2D eigenvalue weighted by atomic mass is 16.2. The molecular weight excluding hydrogens is 362 g/mol. The normalized spacial score (nSPS) is 14.3. The fraction of sp³-hybridized carbons (Fsp3) is 0.478. The van der Waals surface area contributed by atoms with Crippen molar-refractivity contribution in [3.05, 3.63) is 53.7 Å². The first kappa shape index (κ1) is 21.1. The SMILES string of the molecule is CCN(CC)CC(=O)NCc1cccnc1N1CCN(c2ccccc2C)CC1. The van der Waals surface area contributed by atoms with Crippen LogP contribution in [0.4, 0.5) is 11.5 Å². The zero-order chi connectivity index (χ0) is 20.6. The molecule has 1 amide bonds. The van der Waals surface area contributed by atoms with Gasteiger partial charge in [0.15, 0.2) is 0 Å². The number of carbonyl (C=O) groups is 1. The third-order valence-corrected chi connectivity index (χ3v) is 5.64. The lowest BCUT2D eigenvalue weighted by Crippen LogP contribution is -2.47. The molecule has 29 heavy (non-hydrogen) atoms. The Labute approximate surface area is 174 Å². The summed E-state index contributed by atoms with van der Waals surface area (Å²) in [6.45, 7) is 12.8. The Morgan fingerprint density at radius 3 is 2.41 bits per heavy atom. The summed E-state index contributed by atoms with van der Waals surface area (Å²) in [6.07, 6.45) is 1.84. The van der Waals surface area contributed by atoms with E-state index in [-0.39, 0.29) is 5.91 Å². The predicted molar refractivity (Wildman–Crippen MR) is 119 cm³/mol. The average Bonchev–Trinajstić information content (AvgIpc) is 2.77. The molecule has 1 aliphatic heterocycles. The minimum atomic E-state index is 0.0628. The summed E-state index contributed by atoms with van der Waals surface area (Å²) in [4.78, 5) is 23.8. The van der Waals surface area contributed by atoms with Gasteiger partial charge in [0.1, 0.15) is 5.82 Å². The fourth-order valence-corrected chi connectivity index (χ4v) is 3.83. The second-order valence-corrected chi connectivity index (χ2v) is 7.48. The molecule has 0 radical (unpaired) electrons. The van der Waals surface area contributed by atoms with Gasteiger partial charge in [-0.1, -0.05) is 38.1 Å². The smallest absolute Gasteiger partial charge is 0.234 e. The largest absolute Gasteiger partial charge is 0.368 e. The Balaban J connectivity index is 1.60. The molecule has 0 unspecified atom stereocenters. The first-order valence-electron chi connectivity index (χ1n) is 10.6. The van der Waals surface area contributed by atoms with Crippen LogP contribution in [-0.4, -0.2) is 61.6 Å². The minimum absolute atomic E-state index is 0.0628. The molecule has 1 N–H and O–H groups in total. The topological polar surface area (TPSA) is 51.7 Å². The van der Waals surface area contributed by atoms with Gasteiger partial charge in [-0.2, -0.15) is 0 Å². The predicted octanol–water partition coefficient (Wildman–Crippen LogP) is 2.67. The first-order chi connectivity index (χ1) is 14.1. The van der Waals surface area contributed by atoms with Gasteiger partial charge in [-0.25, -0.2) is 4.98 Å². The maximum atomic E-state index is 12.3. The quantitative estimate of drug-likeness (QED) is 0.745. The van der Waals surface area contributed by atoms with Crippen LogP contribution in [0.5, 0.6) is 0 Å². The lowest BCUT2D eigenvalue weighted by molar-refractivity contribution is -0.122. The standard InChI is InChI=1S/C23H33N5O/c1-4-26(5-2)18-22(29)25-17-20-10-8-12-24-23(20)28-15-13-27(14-16-28)21-11-7-6-9-19(21)3/h6-12H,4-5,13-18H2,1-3H3,(H,25,29). The Hall–Kier alpha value is -2.60. The van der Waals surface area contributed by atoms with Crippen LogP contribution in [0, 0.1) is 6.92 Å². The molecule has 0 aliphatic carbocycles. The van der Waals surface area contributed by atoms with Crippen LogP contribution < -0.4 is 15.1 Å². The van der Waals surface area contributed by atoms with E-state index in [1.807, 2.05) is 12.3 Å². The molecule has 6 heteroatoms. The van der Waals surface area contributed by atoms with E-state index in [1.54, 1.807) is 0 Å². The number of aromatic nitrogens is 1. The second kappa shape index (κ2) is 10.3. The molecule has 1 aromatic carbocycles. The van der Waals surface area contributed by atoms with Crippen molar-refractivity contribution in [3.63, 3.8) is 0 Å². The molecule has 3 rings (SSSR count). The van der Waals surface area contributed by atoms with Crippen LogP contribution in [-0.2, 0) is 11.3 Å². The summed E-state index contributed by atoms with van der Waals surface area (Å²) in [5, 5.41) is 3.06. The highest BCUT2D eigenvalue weighted by molar-refractivity contribution is 5.78. The molecule has 1 fully saturated rings. The highest BCUT2D eigenvalue weighted by Crippen LogP contribution is 2.24. The number of aryl methyl sites for hydroxylation is 1. The van der Waals surface area contributed by atoms with Crippen LogP contribution in [0.2, 0.25) is 0 Å². The third-order valence-electron chi connectivity index (χ3n) is 5.64. The summed E-state index contributed by atoms with van der Waals surface area (Å²) < 4.78 is 0. The number of benzene rings is 1. The maximum Gasteiger partial charge on any atom is 0.234 e. The molecule has 2 aromatic rings. The summed E-state index contributed by atoms with van der Waals surface area (Å²) in [6, 6.07) is 12.6. The van der Waals surface area contributed by atoms with E-state index in [4.69, 9.17) is 0 Å². The van der Waals surface area contributed by atoms with Crippen molar-refractivity contribution in [1.82, 2.24) is 15.2 Å². The summed E-state index contributed by atoms with van der Waals surface area (Å²) in [5.74, 6) is 1.05. The summed E-state index contributed by atoms with van der Waals surface area (Å²) in [5.41, 5.74) is 3.71. The highest BCUT2D eigenvalue weighted by Gasteiger charge is 2.21. The number of nitrogens with one attached hydrogen (secondary N) is 1. The molecule has 0 atom stereocenters. The number of amides is 1. The fourth-order valence-electron chi connectivity index (χ4n) is 3.83. The van der Waals surface area contributed by atoms with Crippen LogP contribution in [0.1, 0.15) is 25.0 Å². The second-order valence-electron chi connectivity index (χ2n) is 7.48. The van der Waals surface area contributed by atoms with Gasteiger partial charge in [-0.3, -0.25) is 9.69 Å². The summed E-state index contributed by atoms with van der Waals surface area (Å²) in [7, 11) is 0. The molecule has 1 saturated heterocycles. The molecule has 0 bridgehead atoms. The monoisotopic (exact) mass is 395 g/mol. The van der Waals surface area contributed by atoms with Crippen molar-refractivity contribution in [2.75, 3.05) is 55.6 Å². The molecular formula is C23H33N5O. The van der Waals surface area contributed by atoms with Crippen molar-refractivity contribution >= 4 is 17.4 Å². The van der Waals surface area contributed by atoms with Gasteiger partial charge in [0.05, 0.1) is 6.54 Å². The van der Waals surface area contributed by atoms with Crippen LogP contribution >= 0.6 is 0 Å². The van der Waals surface area contributed by atoms with Gasteiger partial charge >= 0.3 is 0 Å².